The Balaban J connectivity index is 1.70. The Labute approximate surface area is 184 Å². The van der Waals surface area contributed by atoms with Crippen LogP contribution in [0.25, 0.3) is 21.8 Å². The summed E-state index contributed by atoms with van der Waals surface area (Å²) < 4.78 is 2.57. The molecule has 1 aliphatic carbocycles. The van der Waals surface area contributed by atoms with Crippen LogP contribution in [-0.2, 0) is 5.54 Å². The first-order chi connectivity index (χ1) is 15.1. The number of aromatic nitrogens is 1. The lowest BCUT2D eigenvalue weighted by Crippen LogP contribution is -2.28. The van der Waals surface area contributed by atoms with E-state index in [1.54, 1.807) is 0 Å². The molecule has 31 heavy (non-hydrogen) atoms. The fourth-order valence-electron chi connectivity index (χ4n) is 5.50. The molecule has 1 aromatic heterocycles. The highest BCUT2D eigenvalue weighted by molar-refractivity contribution is 6.10. The maximum atomic E-state index is 2.57. The zero-order valence-electron chi connectivity index (χ0n) is 18.4. The van der Waals surface area contributed by atoms with E-state index in [2.05, 4.69) is 121 Å². The van der Waals surface area contributed by atoms with Gasteiger partial charge in [0.25, 0.3) is 0 Å². The topological polar surface area (TPSA) is 8.17 Å². The Morgan fingerprint density at radius 3 is 2.35 bits per heavy atom. The van der Waals surface area contributed by atoms with Crippen molar-refractivity contribution in [2.24, 2.45) is 0 Å². The zero-order chi connectivity index (χ0) is 21.2. The van der Waals surface area contributed by atoms with Crippen LogP contribution in [0, 0.1) is 0 Å². The smallest absolute Gasteiger partial charge is 0.0629 e. The average Bonchev–Trinajstić information content (AvgIpc) is 3.31. The highest BCUT2D eigenvalue weighted by Crippen LogP contribution is 2.50. The second-order valence-electron chi connectivity index (χ2n) is 9.44. The normalized spacial score (nSPS) is 19.9. The van der Waals surface area contributed by atoms with E-state index in [-0.39, 0.29) is 5.54 Å². The number of hydrogen-bond acceptors (Lipinski definition) is 1. The van der Waals surface area contributed by atoms with Crippen molar-refractivity contribution in [3.63, 3.8) is 0 Å². The van der Waals surface area contributed by atoms with E-state index in [1.807, 2.05) is 0 Å². The molecule has 2 heterocycles. The van der Waals surface area contributed by atoms with E-state index in [4.69, 9.17) is 0 Å². The summed E-state index contributed by atoms with van der Waals surface area (Å²) in [5.41, 5.74) is 6.75. The van der Waals surface area contributed by atoms with Crippen LogP contribution in [0.1, 0.15) is 38.7 Å². The second kappa shape index (κ2) is 6.62. The van der Waals surface area contributed by atoms with E-state index in [9.17, 15) is 0 Å². The summed E-state index contributed by atoms with van der Waals surface area (Å²) in [6.07, 6.45) is 10.2. The molecule has 0 saturated heterocycles. The number of allylic oxidation sites excluding steroid dienone is 2. The van der Waals surface area contributed by atoms with Gasteiger partial charge in [0.1, 0.15) is 0 Å². The zero-order valence-corrected chi connectivity index (χ0v) is 18.4. The van der Waals surface area contributed by atoms with Crippen molar-refractivity contribution in [2.45, 2.75) is 44.7 Å². The van der Waals surface area contributed by atoms with Gasteiger partial charge < -0.3 is 9.47 Å². The van der Waals surface area contributed by atoms with Gasteiger partial charge in [0.15, 0.2) is 0 Å². The van der Waals surface area contributed by atoms with E-state index >= 15 is 0 Å². The van der Waals surface area contributed by atoms with Crippen molar-refractivity contribution >= 4 is 33.2 Å². The molecule has 0 radical (unpaired) electrons. The molecule has 2 unspecified atom stereocenters. The molecule has 154 valence electrons. The van der Waals surface area contributed by atoms with Gasteiger partial charge >= 0.3 is 0 Å². The van der Waals surface area contributed by atoms with Crippen LogP contribution < -0.4 is 4.90 Å². The lowest BCUT2D eigenvalue weighted by Gasteiger charge is -2.28. The SMILES string of the molecule is CCC(C)(C)n1c2ccccc2c2cc3c(cc21)C1C=CC=CC1N3c1ccccc1. The monoisotopic (exact) mass is 404 g/mol. The Hall–Kier alpha value is -3.26. The third-order valence-corrected chi connectivity index (χ3v) is 7.35. The molecular formula is C29H28N2. The molecule has 0 N–H and O–H groups in total. The van der Waals surface area contributed by atoms with Gasteiger partial charge in [0.2, 0.25) is 0 Å². The molecule has 4 aromatic rings. The predicted molar refractivity (Wildman–Crippen MR) is 132 cm³/mol. The van der Waals surface area contributed by atoms with E-state index in [0.29, 0.717) is 12.0 Å². The van der Waals surface area contributed by atoms with Gasteiger partial charge in [-0.05, 0) is 56.2 Å². The Morgan fingerprint density at radius 1 is 0.806 bits per heavy atom. The number of hydrogen-bond donors (Lipinski definition) is 0. The van der Waals surface area contributed by atoms with Gasteiger partial charge in [-0.1, -0.05) is 67.6 Å². The molecule has 0 bridgehead atoms. The van der Waals surface area contributed by atoms with Gasteiger partial charge in [0, 0.05) is 39.1 Å². The van der Waals surface area contributed by atoms with Gasteiger partial charge in [0.05, 0.1) is 11.6 Å². The Bertz CT molecular complexity index is 1350. The van der Waals surface area contributed by atoms with Crippen LogP contribution in [0.2, 0.25) is 0 Å². The fourth-order valence-corrected chi connectivity index (χ4v) is 5.50. The van der Waals surface area contributed by atoms with Gasteiger partial charge in [-0.2, -0.15) is 0 Å². The number of para-hydroxylation sites is 2. The van der Waals surface area contributed by atoms with Gasteiger partial charge in [-0.25, -0.2) is 0 Å². The summed E-state index contributed by atoms with van der Waals surface area (Å²) in [5.74, 6) is 0.376. The Kier molecular flexibility index (Phi) is 3.95. The van der Waals surface area contributed by atoms with E-state index in [1.165, 1.54) is 38.7 Å². The summed E-state index contributed by atoms with van der Waals surface area (Å²) in [6, 6.07) is 25.0. The van der Waals surface area contributed by atoms with Crippen molar-refractivity contribution in [2.75, 3.05) is 4.90 Å². The van der Waals surface area contributed by atoms with Gasteiger partial charge in [-0.3, -0.25) is 0 Å². The maximum Gasteiger partial charge on any atom is 0.0629 e. The minimum absolute atomic E-state index is 0.0506. The highest BCUT2D eigenvalue weighted by Gasteiger charge is 2.38. The molecule has 3 aromatic carbocycles. The average molecular weight is 405 g/mol. The third-order valence-electron chi connectivity index (χ3n) is 7.35. The van der Waals surface area contributed by atoms with Crippen LogP contribution in [0.4, 0.5) is 11.4 Å². The van der Waals surface area contributed by atoms with Crippen LogP contribution >= 0.6 is 0 Å². The molecule has 0 spiro atoms. The molecule has 2 aliphatic rings. The van der Waals surface area contributed by atoms with Crippen molar-refractivity contribution in [3.8, 4) is 0 Å². The minimum Gasteiger partial charge on any atom is -0.335 e. The summed E-state index contributed by atoms with van der Waals surface area (Å²) in [7, 11) is 0. The summed E-state index contributed by atoms with van der Waals surface area (Å²) in [6.45, 7) is 7.00. The quantitative estimate of drug-likeness (QED) is 0.340. The lowest BCUT2D eigenvalue weighted by molar-refractivity contribution is 0.364. The van der Waals surface area contributed by atoms with Crippen LogP contribution in [0.15, 0.2) is 91.0 Å². The number of benzene rings is 3. The predicted octanol–water partition coefficient (Wildman–Crippen LogP) is 7.67. The van der Waals surface area contributed by atoms with Crippen molar-refractivity contribution in [3.05, 3.63) is 96.6 Å². The second-order valence-corrected chi connectivity index (χ2v) is 9.44. The molecular weight excluding hydrogens is 376 g/mol. The molecule has 0 fully saturated rings. The van der Waals surface area contributed by atoms with Crippen LogP contribution in [0.5, 0.6) is 0 Å². The summed E-state index contributed by atoms with van der Waals surface area (Å²) in [5, 5.41) is 2.69. The number of nitrogens with zero attached hydrogens (tertiary/aromatic N) is 2. The molecule has 2 atom stereocenters. The fraction of sp³-hybridized carbons (Fsp3) is 0.241. The van der Waals surface area contributed by atoms with Crippen molar-refractivity contribution in [1.29, 1.82) is 0 Å². The maximum absolute atomic E-state index is 2.57. The molecule has 1 aliphatic heterocycles. The summed E-state index contributed by atoms with van der Waals surface area (Å²) >= 11 is 0. The van der Waals surface area contributed by atoms with Crippen molar-refractivity contribution < 1.29 is 0 Å². The molecule has 0 saturated carbocycles. The molecule has 2 heteroatoms. The van der Waals surface area contributed by atoms with Crippen molar-refractivity contribution in [1.82, 2.24) is 4.57 Å². The molecule has 6 rings (SSSR count). The van der Waals surface area contributed by atoms with E-state index in [0.717, 1.165) is 6.42 Å². The van der Waals surface area contributed by atoms with Crippen LogP contribution in [0.3, 0.4) is 0 Å². The first-order valence-electron chi connectivity index (χ1n) is 11.4. The number of fused-ring (bicyclic) bond motifs is 6. The first kappa shape index (κ1) is 18.5. The van der Waals surface area contributed by atoms with E-state index < -0.39 is 0 Å². The minimum atomic E-state index is 0.0506. The highest BCUT2D eigenvalue weighted by atomic mass is 15.2. The molecule has 2 nitrogen and oxygen atoms in total. The summed E-state index contributed by atoms with van der Waals surface area (Å²) in [4.78, 5) is 2.52. The van der Waals surface area contributed by atoms with Crippen LogP contribution in [-0.4, -0.2) is 10.6 Å². The number of rotatable bonds is 3. The Morgan fingerprint density at radius 2 is 1.55 bits per heavy atom. The first-order valence-corrected chi connectivity index (χ1v) is 11.4. The standard InChI is InChI=1S/C29H28N2/c1-4-29(2,3)31-26-17-11-9-15-22(26)24-18-27-23(19-28(24)31)21-14-8-10-16-25(21)30(27)20-12-6-5-7-13-20/h5-19,21,25H,4H2,1-3H3. The molecule has 0 amide bonds. The third kappa shape index (κ3) is 2.57. The van der Waals surface area contributed by atoms with Gasteiger partial charge in [-0.15, -0.1) is 0 Å². The lowest BCUT2D eigenvalue weighted by atomic mass is 9.91. The number of anilines is 2. The largest absolute Gasteiger partial charge is 0.335 e.